The van der Waals surface area contributed by atoms with E-state index in [4.69, 9.17) is 9.47 Å². The molecule has 0 heterocycles. The van der Waals surface area contributed by atoms with E-state index in [0.29, 0.717) is 12.2 Å². The lowest BCUT2D eigenvalue weighted by molar-refractivity contribution is -0.156. The van der Waals surface area contributed by atoms with Crippen LogP contribution in [0.25, 0.3) is 0 Å². The topological polar surface area (TPSA) is 35.5 Å². The molecule has 0 aliphatic heterocycles. The molecule has 3 nitrogen and oxygen atoms in total. The lowest BCUT2D eigenvalue weighted by atomic mass is 10.2. The summed E-state index contributed by atoms with van der Waals surface area (Å²) < 4.78 is 10.9. The highest BCUT2D eigenvalue weighted by molar-refractivity contribution is 5.75. The van der Waals surface area contributed by atoms with Gasteiger partial charge in [-0.05, 0) is 31.9 Å². The second-order valence-electron chi connectivity index (χ2n) is 3.98. The zero-order valence-corrected chi connectivity index (χ0v) is 10.7. The van der Waals surface area contributed by atoms with Gasteiger partial charge in [-0.1, -0.05) is 32.0 Å². The number of ether oxygens (including phenoxy) is 2. The molecular weight excluding hydrogens is 216 g/mol. The highest BCUT2D eigenvalue weighted by Gasteiger charge is 2.21. The lowest BCUT2D eigenvalue weighted by Gasteiger charge is -2.18. The molecule has 0 aromatic heterocycles. The normalized spacial score (nSPS) is 13.8. The molecule has 0 spiro atoms. The molecule has 0 N–H and O–H groups in total. The Hall–Kier alpha value is -1.51. The minimum Gasteiger partial charge on any atom is -0.479 e. The maximum absolute atomic E-state index is 11.8. The minimum atomic E-state index is -0.522. The summed E-state index contributed by atoms with van der Waals surface area (Å²) in [5, 5.41) is 0. The third kappa shape index (κ3) is 4.47. The Morgan fingerprint density at radius 1 is 1.18 bits per heavy atom. The fraction of sp³-hybridized carbons (Fsp3) is 0.500. The van der Waals surface area contributed by atoms with Crippen LogP contribution in [0.1, 0.15) is 33.6 Å². The van der Waals surface area contributed by atoms with Gasteiger partial charge in [-0.15, -0.1) is 0 Å². The Balaban J connectivity index is 2.56. The van der Waals surface area contributed by atoms with Crippen LogP contribution in [0.2, 0.25) is 0 Å². The quantitative estimate of drug-likeness (QED) is 0.712. The van der Waals surface area contributed by atoms with Crippen molar-refractivity contribution in [3.05, 3.63) is 30.3 Å². The number of hydrogen-bond donors (Lipinski definition) is 0. The van der Waals surface area contributed by atoms with Gasteiger partial charge in [0.05, 0.1) is 6.10 Å². The van der Waals surface area contributed by atoms with E-state index < -0.39 is 6.10 Å². The van der Waals surface area contributed by atoms with Crippen molar-refractivity contribution < 1.29 is 14.3 Å². The molecule has 1 rings (SSSR count). The smallest absolute Gasteiger partial charge is 0.347 e. The van der Waals surface area contributed by atoms with Gasteiger partial charge in [0.25, 0.3) is 0 Å². The van der Waals surface area contributed by atoms with E-state index in [9.17, 15) is 4.79 Å². The zero-order valence-electron chi connectivity index (χ0n) is 10.7. The summed E-state index contributed by atoms with van der Waals surface area (Å²) in [6.45, 7) is 5.77. The van der Waals surface area contributed by atoms with Crippen molar-refractivity contribution in [3.63, 3.8) is 0 Å². The number of carbonyl (C=O) groups is 1. The molecule has 0 aliphatic carbocycles. The maximum atomic E-state index is 11.8. The summed E-state index contributed by atoms with van der Waals surface area (Å²) in [5.41, 5.74) is 0. The van der Waals surface area contributed by atoms with Gasteiger partial charge in [0.2, 0.25) is 0 Å². The van der Waals surface area contributed by atoms with Crippen LogP contribution in [0, 0.1) is 0 Å². The van der Waals surface area contributed by atoms with E-state index in [2.05, 4.69) is 0 Å². The summed E-state index contributed by atoms with van der Waals surface area (Å²) in [7, 11) is 0. The van der Waals surface area contributed by atoms with Crippen molar-refractivity contribution in [3.8, 4) is 5.75 Å². The third-order valence-electron chi connectivity index (χ3n) is 2.55. The van der Waals surface area contributed by atoms with Gasteiger partial charge in [-0.2, -0.15) is 0 Å². The SMILES string of the molecule is CCC(C)OC(=O)C(CC)Oc1ccccc1. The first-order valence-electron chi connectivity index (χ1n) is 6.09. The molecule has 0 bridgehead atoms. The molecule has 0 saturated heterocycles. The van der Waals surface area contributed by atoms with Crippen molar-refractivity contribution >= 4 is 5.97 Å². The van der Waals surface area contributed by atoms with Crippen LogP contribution < -0.4 is 4.74 Å². The van der Waals surface area contributed by atoms with E-state index in [1.807, 2.05) is 51.1 Å². The average Bonchev–Trinajstić information content (AvgIpc) is 2.36. The fourth-order valence-electron chi connectivity index (χ4n) is 1.32. The summed E-state index contributed by atoms with van der Waals surface area (Å²) in [5.74, 6) is 0.408. The molecule has 2 atom stereocenters. The number of para-hydroxylation sites is 1. The highest BCUT2D eigenvalue weighted by Crippen LogP contribution is 2.14. The second kappa shape index (κ2) is 6.94. The van der Waals surface area contributed by atoms with Crippen LogP contribution in [0.5, 0.6) is 5.75 Å². The van der Waals surface area contributed by atoms with E-state index >= 15 is 0 Å². The molecule has 3 heteroatoms. The molecule has 17 heavy (non-hydrogen) atoms. The Morgan fingerprint density at radius 3 is 2.35 bits per heavy atom. The first kappa shape index (κ1) is 13.6. The second-order valence-corrected chi connectivity index (χ2v) is 3.98. The van der Waals surface area contributed by atoms with Crippen molar-refractivity contribution in [2.75, 3.05) is 0 Å². The molecule has 0 fully saturated rings. The van der Waals surface area contributed by atoms with E-state index in [0.717, 1.165) is 6.42 Å². The summed E-state index contributed by atoms with van der Waals surface area (Å²) >= 11 is 0. The van der Waals surface area contributed by atoms with Gasteiger partial charge in [0.1, 0.15) is 5.75 Å². The van der Waals surface area contributed by atoms with Crippen LogP contribution in [0.3, 0.4) is 0 Å². The number of esters is 1. The van der Waals surface area contributed by atoms with Crippen molar-refractivity contribution in [2.24, 2.45) is 0 Å². The number of carbonyl (C=O) groups excluding carboxylic acids is 1. The van der Waals surface area contributed by atoms with Crippen molar-refractivity contribution in [1.82, 2.24) is 0 Å². The Morgan fingerprint density at radius 2 is 1.82 bits per heavy atom. The number of hydrogen-bond acceptors (Lipinski definition) is 3. The van der Waals surface area contributed by atoms with Gasteiger partial charge in [0.15, 0.2) is 6.10 Å². The molecule has 1 aromatic carbocycles. The largest absolute Gasteiger partial charge is 0.479 e. The predicted molar refractivity (Wildman–Crippen MR) is 67.0 cm³/mol. The number of benzene rings is 1. The minimum absolute atomic E-state index is 0.0593. The van der Waals surface area contributed by atoms with Crippen LogP contribution in [-0.4, -0.2) is 18.2 Å². The molecule has 0 saturated carbocycles. The number of rotatable bonds is 6. The van der Waals surface area contributed by atoms with E-state index in [1.54, 1.807) is 0 Å². The highest BCUT2D eigenvalue weighted by atomic mass is 16.6. The van der Waals surface area contributed by atoms with Crippen molar-refractivity contribution in [1.29, 1.82) is 0 Å². The summed E-state index contributed by atoms with van der Waals surface area (Å²) in [6.07, 6.45) is 0.833. The fourth-order valence-corrected chi connectivity index (χ4v) is 1.32. The van der Waals surface area contributed by atoms with E-state index in [-0.39, 0.29) is 12.1 Å². The van der Waals surface area contributed by atoms with Crippen LogP contribution in [0.4, 0.5) is 0 Å². The molecule has 2 unspecified atom stereocenters. The Kier molecular flexibility index (Phi) is 5.53. The van der Waals surface area contributed by atoms with E-state index in [1.165, 1.54) is 0 Å². The summed E-state index contributed by atoms with van der Waals surface area (Å²) in [6, 6.07) is 9.33. The average molecular weight is 236 g/mol. The van der Waals surface area contributed by atoms with Gasteiger partial charge >= 0.3 is 5.97 Å². The lowest BCUT2D eigenvalue weighted by Crippen LogP contribution is -2.31. The van der Waals surface area contributed by atoms with Gasteiger partial charge in [-0.3, -0.25) is 0 Å². The van der Waals surface area contributed by atoms with Crippen LogP contribution in [-0.2, 0) is 9.53 Å². The predicted octanol–water partition coefficient (Wildman–Crippen LogP) is 3.19. The molecule has 0 amide bonds. The molecule has 0 aliphatic rings. The Bertz CT molecular complexity index is 335. The molecule has 0 radical (unpaired) electrons. The maximum Gasteiger partial charge on any atom is 0.347 e. The third-order valence-corrected chi connectivity index (χ3v) is 2.55. The molecule has 94 valence electrons. The first-order valence-corrected chi connectivity index (χ1v) is 6.09. The molecular formula is C14H20O3. The van der Waals surface area contributed by atoms with Gasteiger partial charge in [-0.25, -0.2) is 4.79 Å². The van der Waals surface area contributed by atoms with Crippen LogP contribution >= 0.6 is 0 Å². The summed E-state index contributed by atoms with van der Waals surface area (Å²) in [4.78, 5) is 11.8. The Labute approximate surface area is 103 Å². The van der Waals surface area contributed by atoms with Gasteiger partial charge < -0.3 is 9.47 Å². The standard InChI is InChI=1S/C14H20O3/c1-4-11(3)16-14(15)13(5-2)17-12-9-7-6-8-10-12/h6-11,13H,4-5H2,1-3H3. The monoisotopic (exact) mass is 236 g/mol. The first-order chi connectivity index (χ1) is 8.17. The van der Waals surface area contributed by atoms with Gasteiger partial charge in [0, 0.05) is 0 Å². The van der Waals surface area contributed by atoms with Crippen molar-refractivity contribution in [2.45, 2.75) is 45.8 Å². The van der Waals surface area contributed by atoms with Crippen LogP contribution in [0.15, 0.2) is 30.3 Å². The molecule has 1 aromatic rings. The zero-order chi connectivity index (χ0) is 12.7.